The van der Waals surface area contributed by atoms with Gasteiger partial charge in [0.15, 0.2) is 0 Å². The lowest BCUT2D eigenvalue weighted by Crippen LogP contribution is -2.48. The largest absolute Gasteiger partial charge is 0.376 e. The fraction of sp³-hybridized carbons (Fsp3) is 0.385. The van der Waals surface area contributed by atoms with Gasteiger partial charge in [0.05, 0.1) is 12.1 Å². The Kier molecular flexibility index (Phi) is 4.35. The van der Waals surface area contributed by atoms with Crippen molar-refractivity contribution in [3.8, 4) is 0 Å². The van der Waals surface area contributed by atoms with E-state index < -0.39 is 5.91 Å². The average molecular weight is 262 g/mol. The number of benzene rings is 1. The molecule has 1 heterocycles. The Morgan fingerprint density at radius 2 is 1.95 bits per heavy atom. The van der Waals surface area contributed by atoms with Crippen LogP contribution in [0.4, 0.5) is 5.69 Å². The molecule has 0 bridgehead atoms. The third-order valence-electron chi connectivity index (χ3n) is 3.09. The lowest BCUT2D eigenvalue weighted by atomic mass is 10.1. The number of hydrogen-bond acceptors (Lipinski definition) is 4. The SMILES string of the molecule is NC(=O)c1ccccc1NCC(=O)N1CCNCC1. The predicted octanol–water partition coefficient (Wildman–Crippen LogP) is -0.371. The van der Waals surface area contributed by atoms with Crippen molar-refractivity contribution in [2.45, 2.75) is 0 Å². The van der Waals surface area contributed by atoms with E-state index >= 15 is 0 Å². The maximum absolute atomic E-state index is 12.0. The first-order chi connectivity index (χ1) is 9.18. The molecule has 0 unspecified atom stereocenters. The summed E-state index contributed by atoms with van der Waals surface area (Å²) in [6.07, 6.45) is 0. The van der Waals surface area contributed by atoms with E-state index in [4.69, 9.17) is 5.73 Å². The maximum Gasteiger partial charge on any atom is 0.250 e. The summed E-state index contributed by atoms with van der Waals surface area (Å²) < 4.78 is 0. The van der Waals surface area contributed by atoms with Crippen molar-refractivity contribution in [2.24, 2.45) is 5.73 Å². The number of anilines is 1. The highest BCUT2D eigenvalue weighted by molar-refractivity contribution is 5.99. The van der Waals surface area contributed by atoms with Crippen LogP contribution in [0.2, 0.25) is 0 Å². The molecule has 6 nitrogen and oxygen atoms in total. The zero-order valence-corrected chi connectivity index (χ0v) is 10.7. The number of nitrogens with one attached hydrogen (secondary N) is 2. The van der Waals surface area contributed by atoms with Crippen molar-refractivity contribution in [2.75, 3.05) is 38.0 Å². The Hall–Kier alpha value is -2.08. The number of hydrogen-bond donors (Lipinski definition) is 3. The molecule has 0 spiro atoms. The summed E-state index contributed by atoms with van der Waals surface area (Å²) in [4.78, 5) is 25.0. The minimum atomic E-state index is -0.502. The molecular formula is C13H18N4O2. The van der Waals surface area contributed by atoms with Crippen LogP contribution in [0.25, 0.3) is 0 Å². The van der Waals surface area contributed by atoms with Gasteiger partial charge in [0, 0.05) is 31.9 Å². The summed E-state index contributed by atoms with van der Waals surface area (Å²) in [5.41, 5.74) is 6.28. The van der Waals surface area contributed by atoms with Crippen LogP contribution in [0.15, 0.2) is 24.3 Å². The van der Waals surface area contributed by atoms with E-state index in [0.29, 0.717) is 11.3 Å². The molecule has 1 saturated heterocycles. The lowest BCUT2D eigenvalue weighted by Gasteiger charge is -2.27. The van der Waals surface area contributed by atoms with Gasteiger partial charge in [-0.2, -0.15) is 0 Å². The molecule has 1 aromatic rings. The van der Waals surface area contributed by atoms with E-state index in [1.807, 2.05) is 0 Å². The summed E-state index contributed by atoms with van der Waals surface area (Å²) in [6.45, 7) is 3.26. The number of piperazine rings is 1. The van der Waals surface area contributed by atoms with Gasteiger partial charge in [0.2, 0.25) is 5.91 Å². The van der Waals surface area contributed by atoms with Crippen LogP contribution < -0.4 is 16.4 Å². The van der Waals surface area contributed by atoms with Crippen LogP contribution in [0.3, 0.4) is 0 Å². The van der Waals surface area contributed by atoms with Crippen molar-refractivity contribution >= 4 is 17.5 Å². The second-order valence-corrected chi connectivity index (χ2v) is 4.39. The molecule has 0 radical (unpaired) electrons. The fourth-order valence-electron chi connectivity index (χ4n) is 2.05. The van der Waals surface area contributed by atoms with Gasteiger partial charge in [0.1, 0.15) is 0 Å². The van der Waals surface area contributed by atoms with E-state index in [-0.39, 0.29) is 12.5 Å². The van der Waals surface area contributed by atoms with E-state index in [2.05, 4.69) is 10.6 Å². The van der Waals surface area contributed by atoms with Gasteiger partial charge in [0.25, 0.3) is 5.91 Å². The molecule has 1 aromatic carbocycles. The summed E-state index contributed by atoms with van der Waals surface area (Å²) in [7, 11) is 0. The molecule has 6 heteroatoms. The third kappa shape index (κ3) is 3.45. The van der Waals surface area contributed by atoms with Gasteiger partial charge in [-0.05, 0) is 12.1 Å². The third-order valence-corrected chi connectivity index (χ3v) is 3.09. The molecule has 0 saturated carbocycles. The van der Waals surface area contributed by atoms with Gasteiger partial charge in [-0.1, -0.05) is 12.1 Å². The number of nitrogens with zero attached hydrogens (tertiary/aromatic N) is 1. The van der Waals surface area contributed by atoms with Gasteiger partial charge >= 0.3 is 0 Å². The number of nitrogens with two attached hydrogens (primary N) is 1. The smallest absolute Gasteiger partial charge is 0.250 e. The van der Waals surface area contributed by atoms with Crippen molar-refractivity contribution < 1.29 is 9.59 Å². The monoisotopic (exact) mass is 262 g/mol. The Morgan fingerprint density at radius 1 is 1.26 bits per heavy atom. The molecule has 1 fully saturated rings. The van der Waals surface area contributed by atoms with Crippen LogP contribution in [-0.2, 0) is 4.79 Å². The van der Waals surface area contributed by atoms with Crippen LogP contribution in [-0.4, -0.2) is 49.4 Å². The molecule has 0 aliphatic carbocycles. The summed E-state index contributed by atoms with van der Waals surface area (Å²) in [5.74, 6) is -0.474. The molecule has 19 heavy (non-hydrogen) atoms. The molecule has 0 atom stereocenters. The van der Waals surface area contributed by atoms with Crippen LogP contribution in [0, 0.1) is 0 Å². The zero-order valence-electron chi connectivity index (χ0n) is 10.7. The Morgan fingerprint density at radius 3 is 2.63 bits per heavy atom. The molecule has 4 N–H and O–H groups in total. The minimum absolute atomic E-state index is 0.0285. The van der Waals surface area contributed by atoms with Crippen molar-refractivity contribution in [1.82, 2.24) is 10.2 Å². The number of para-hydroxylation sites is 1. The van der Waals surface area contributed by atoms with Gasteiger partial charge in [-0.15, -0.1) is 0 Å². The van der Waals surface area contributed by atoms with Crippen molar-refractivity contribution in [3.05, 3.63) is 29.8 Å². The average Bonchev–Trinajstić information content (AvgIpc) is 2.46. The standard InChI is InChI=1S/C13H18N4O2/c14-13(19)10-3-1-2-4-11(10)16-9-12(18)17-7-5-15-6-8-17/h1-4,15-16H,5-9H2,(H2,14,19). The number of primary amides is 1. The Bertz CT molecular complexity index is 469. The Balaban J connectivity index is 1.94. The molecular weight excluding hydrogens is 244 g/mol. The molecule has 1 aliphatic rings. The van der Waals surface area contributed by atoms with E-state index in [9.17, 15) is 9.59 Å². The number of amides is 2. The van der Waals surface area contributed by atoms with E-state index in [1.165, 1.54) is 0 Å². The van der Waals surface area contributed by atoms with Crippen LogP contribution in [0.5, 0.6) is 0 Å². The Labute approximate surface area is 112 Å². The quantitative estimate of drug-likeness (QED) is 0.691. The fourth-order valence-corrected chi connectivity index (χ4v) is 2.05. The topological polar surface area (TPSA) is 87.5 Å². The summed E-state index contributed by atoms with van der Waals surface area (Å²) >= 11 is 0. The molecule has 0 aromatic heterocycles. The summed E-state index contributed by atoms with van der Waals surface area (Å²) in [5, 5.41) is 6.17. The number of carbonyl (C=O) groups excluding carboxylic acids is 2. The second kappa shape index (κ2) is 6.19. The van der Waals surface area contributed by atoms with Crippen LogP contribution in [0.1, 0.15) is 10.4 Å². The lowest BCUT2D eigenvalue weighted by molar-refractivity contribution is -0.129. The first kappa shape index (κ1) is 13.4. The number of carbonyl (C=O) groups is 2. The van der Waals surface area contributed by atoms with Gasteiger partial charge in [-0.3, -0.25) is 9.59 Å². The van der Waals surface area contributed by atoms with Crippen LogP contribution >= 0.6 is 0 Å². The van der Waals surface area contributed by atoms with E-state index in [1.54, 1.807) is 29.2 Å². The van der Waals surface area contributed by atoms with E-state index in [0.717, 1.165) is 26.2 Å². The molecule has 2 rings (SSSR count). The normalized spacial score (nSPS) is 15.1. The molecule has 102 valence electrons. The van der Waals surface area contributed by atoms with Gasteiger partial charge in [-0.25, -0.2) is 0 Å². The maximum atomic E-state index is 12.0. The first-order valence-corrected chi connectivity index (χ1v) is 6.29. The predicted molar refractivity (Wildman–Crippen MR) is 72.9 cm³/mol. The number of rotatable bonds is 4. The summed E-state index contributed by atoms with van der Waals surface area (Å²) in [6, 6.07) is 6.92. The van der Waals surface area contributed by atoms with Crippen molar-refractivity contribution in [1.29, 1.82) is 0 Å². The first-order valence-electron chi connectivity index (χ1n) is 6.29. The highest BCUT2D eigenvalue weighted by Crippen LogP contribution is 2.13. The van der Waals surface area contributed by atoms with Gasteiger partial charge < -0.3 is 21.3 Å². The second-order valence-electron chi connectivity index (χ2n) is 4.39. The highest BCUT2D eigenvalue weighted by atomic mass is 16.2. The molecule has 2 amide bonds. The minimum Gasteiger partial charge on any atom is -0.376 e. The molecule has 1 aliphatic heterocycles. The zero-order chi connectivity index (χ0) is 13.7. The van der Waals surface area contributed by atoms with Crippen molar-refractivity contribution in [3.63, 3.8) is 0 Å². The highest BCUT2D eigenvalue weighted by Gasteiger charge is 2.16.